The van der Waals surface area contributed by atoms with Gasteiger partial charge in [-0.2, -0.15) is 0 Å². The van der Waals surface area contributed by atoms with E-state index in [1.54, 1.807) is 6.92 Å². The van der Waals surface area contributed by atoms with E-state index < -0.39 is 5.97 Å². The summed E-state index contributed by atoms with van der Waals surface area (Å²) in [5.74, 6) is -0.114. The summed E-state index contributed by atoms with van der Waals surface area (Å²) in [5, 5.41) is 8.86. The smallest absolute Gasteiger partial charge is 0.307 e. The molecule has 4 heteroatoms. The van der Waals surface area contributed by atoms with Gasteiger partial charge < -0.3 is 14.7 Å². The zero-order valence-corrected chi connectivity index (χ0v) is 12.8. The number of aliphatic carboxylic acids is 1. The molecule has 0 bridgehead atoms. The van der Waals surface area contributed by atoms with Gasteiger partial charge in [-0.25, -0.2) is 0 Å². The van der Waals surface area contributed by atoms with Crippen LogP contribution in [0.5, 0.6) is 5.75 Å². The van der Waals surface area contributed by atoms with Crippen molar-refractivity contribution in [3.8, 4) is 5.75 Å². The highest BCUT2D eigenvalue weighted by atomic mass is 16.5. The number of rotatable bonds is 8. The summed E-state index contributed by atoms with van der Waals surface area (Å²) >= 11 is 0. The van der Waals surface area contributed by atoms with Gasteiger partial charge in [-0.3, -0.25) is 4.79 Å². The van der Waals surface area contributed by atoms with Crippen molar-refractivity contribution in [1.82, 2.24) is 4.90 Å². The van der Waals surface area contributed by atoms with Crippen molar-refractivity contribution in [3.05, 3.63) is 29.3 Å². The van der Waals surface area contributed by atoms with Crippen molar-refractivity contribution < 1.29 is 14.6 Å². The van der Waals surface area contributed by atoms with Crippen molar-refractivity contribution in [2.75, 3.05) is 26.7 Å². The van der Waals surface area contributed by atoms with Gasteiger partial charge in [-0.05, 0) is 38.4 Å². The van der Waals surface area contributed by atoms with E-state index in [9.17, 15) is 4.79 Å². The molecule has 0 spiro atoms. The van der Waals surface area contributed by atoms with Crippen molar-refractivity contribution in [3.63, 3.8) is 0 Å². The number of benzene rings is 1. The predicted molar refractivity (Wildman–Crippen MR) is 80.3 cm³/mol. The predicted octanol–water partition coefficient (Wildman–Crippen LogP) is 2.72. The summed E-state index contributed by atoms with van der Waals surface area (Å²) in [4.78, 5) is 12.8. The van der Waals surface area contributed by atoms with Crippen LogP contribution in [0, 0.1) is 19.8 Å². The molecule has 0 fully saturated rings. The van der Waals surface area contributed by atoms with E-state index in [4.69, 9.17) is 9.84 Å². The van der Waals surface area contributed by atoms with Gasteiger partial charge in [0.1, 0.15) is 5.75 Å². The van der Waals surface area contributed by atoms with E-state index in [1.165, 1.54) is 0 Å². The van der Waals surface area contributed by atoms with Crippen LogP contribution in [0.15, 0.2) is 18.2 Å². The Hall–Kier alpha value is -1.55. The number of carboxylic acids is 1. The van der Waals surface area contributed by atoms with E-state index in [-0.39, 0.29) is 5.92 Å². The molecule has 0 aliphatic carbocycles. The van der Waals surface area contributed by atoms with Crippen LogP contribution in [0.2, 0.25) is 0 Å². The number of ether oxygens (including phenoxy) is 1. The summed E-state index contributed by atoms with van der Waals surface area (Å²) in [6.45, 7) is 7.87. The third-order valence-corrected chi connectivity index (χ3v) is 3.35. The van der Waals surface area contributed by atoms with Crippen molar-refractivity contribution in [2.45, 2.75) is 27.2 Å². The summed E-state index contributed by atoms with van der Waals surface area (Å²) in [6.07, 6.45) is 0.886. The quantitative estimate of drug-likeness (QED) is 0.743. The molecule has 1 N–H and O–H groups in total. The molecular formula is C16H25NO3. The molecule has 1 aromatic carbocycles. The number of aryl methyl sites for hydroxylation is 2. The molecule has 0 aliphatic heterocycles. The third kappa shape index (κ3) is 5.21. The highest BCUT2D eigenvalue weighted by Gasteiger charge is 2.13. The second-order valence-corrected chi connectivity index (χ2v) is 5.42. The number of hydrogen-bond donors (Lipinski definition) is 1. The molecule has 4 nitrogen and oxygen atoms in total. The summed E-state index contributed by atoms with van der Waals surface area (Å²) in [5.41, 5.74) is 2.30. The van der Waals surface area contributed by atoms with Gasteiger partial charge in [-0.15, -0.1) is 0 Å². The summed E-state index contributed by atoms with van der Waals surface area (Å²) in [7, 11) is 1.94. The van der Waals surface area contributed by atoms with Crippen molar-refractivity contribution >= 4 is 5.97 Å². The first kappa shape index (κ1) is 16.5. The van der Waals surface area contributed by atoms with Crippen molar-refractivity contribution in [2.24, 2.45) is 5.92 Å². The van der Waals surface area contributed by atoms with Crippen LogP contribution >= 0.6 is 0 Å². The number of nitrogens with zero attached hydrogens (tertiary/aromatic N) is 1. The number of carbonyl (C=O) groups is 1. The molecule has 0 aliphatic rings. The molecule has 0 saturated carbocycles. The highest BCUT2D eigenvalue weighted by Crippen LogP contribution is 2.22. The Morgan fingerprint density at radius 1 is 1.35 bits per heavy atom. The lowest BCUT2D eigenvalue weighted by atomic mass is 10.1. The SMILES string of the molecule is Cc1cccc(C)c1OCCCN(C)CC(C)C(=O)O. The fourth-order valence-corrected chi connectivity index (χ4v) is 2.17. The van der Waals surface area contributed by atoms with Crippen LogP contribution in [-0.4, -0.2) is 42.7 Å². The minimum absolute atomic E-state index is 0.334. The van der Waals surface area contributed by atoms with E-state index in [0.717, 1.165) is 29.8 Å². The molecule has 0 amide bonds. The maximum absolute atomic E-state index is 10.8. The zero-order chi connectivity index (χ0) is 15.1. The van der Waals surface area contributed by atoms with E-state index in [2.05, 4.69) is 0 Å². The van der Waals surface area contributed by atoms with Gasteiger partial charge in [0.05, 0.1) is 12.5 Å². The third-order valence-electron chi connectivity index (χ3n) is 3.35. The molecule has 112 valence electrons. The lowest BCUT2D eigenvalue weighted by Gasteiger charge is -2.19. The minimum atomic E-state index is -0.747. The van der Waals surface area contributed by atoms with Crippen LogP contribution < -0.4 is 4.74 Å². The molecule has 1 aromatic rings. The first-order valence-electron chi connectivity index (χ1n) is 7.02. The first-order chi connectivity index (χ1) is 9.41. The lowest BCUT2D eigenvalue weighted by Crippen LogP contribution is -2.30. The Balaban J connectivity index is 2.30. The van der Waals surface area contributed by atoms with Gasteiger partial charge >= 0.3 is 5.97 Å². The molecular weight excluding hydrogens is 254 g/mol. The Kier molecular flexibility index (Phi) is 6.52. The van der Waals surface area contributed by atoms with Gasteiger partial charge in [0.2, 0.25) is 0 Å². The fourth-order valence-electron chi connectivity index (χ4n) is 2.17. The molecule has 20 heavy (non-hydrogen) atoms. The number of para-hydroxylation sites is 1. The van der Waals surface area contributed by atoms with Gasteiger partial charge in [0, 0.05) is 13.1 Å². The Bertz CT molecular complexity index is 425. The zero-order valence-electron chi connectivity index (χ0n) is 12.8. The van der Waals surface area contributed by atoms with Gasteiger partial charge in [0.25, 0.3) is 0 Å². The average molecular weight is 279 g/mol. The standard InChI is InChI=1S/C16H25NO3/c1-12-7-5-8-13(2)15(12)20-10-6-9-17(4)11-14(3)16(18)19/h5,7-8,14H,6,9-11H2,1-4H3,(H,18,19). The Morgan fingerprint density at radius 2 is 1.95 bits per heavy atom. The summed E-state index contributed by atoms with van der Waals surface area (Å²) < 4.78 is 5.83. The topological polar surface area (TPSA) is 49.8 Å². The number of carboxylic acid groups (broad SMARTS) is 1. The summed E-state index contributed by atoms with van der Waals surface area (Å²) in [6, 6.07) is 6.12. The fraction of sp³-hybridized carbons (Fsp3) is 0.562. The van der Waals surface area contributed by atoms with Crippen LogP contribution in [-0.2, 0) is 4.79 Å². The van der Waals surface area contributed by atoms with Crippen LogP contribution in [0.3, 0.4) is 0 Å². The average Bonchev–Trinajstić information content (AvgIpc) is 2.37. The van der Waals surface area contributed by atoms with Gasteiger partial charge in [0.15, 0.2) is 0 Å². The number of hydrogen-bond acceptors (Lipinski definition) is 3. The Labute approximate surface area is 121 Å². The molecule has 1 rings (SSSR count). The monoisotopic (exact) mass is 279 g/mol. The highest BCUT2D eigenvalue weighted by molar-refractivity contribution is 5.69. The molecule has 0 aromatic heterocycles. The molecule has 0 radical (unpaired) electrons. The lowest BCUT2D eigenvalue weighted by molar-refractivity contribution is -0.141. The van der Waals surface area contributed by atoms with Crippen molar-refractivity contribution in [1.29, 1.82) is 0 Å². The Morgan fingerprint density at radius 3 is 2.50 bits per heavy atom. The maximum Gasteiger partial charge on any atom is 0.307 e. The second kappa shape index (κ2) is 7.90. The second-order valence-electron chi connectivity index (χ2n) is 5.42. The minimum Gasteiger partial charge on any atom is -0.493 e. The first-order valence-corrected chi connectivity index (χ1v) is 7.02. The molecule has 1 unspecified atom stereocenters. The van der Waals surface area contributed by atoms with E-state index in [0.29, 0.717) is 13.2 Å². The largest absolute Gasteiger partial charge is 0.493 e. The normalized spacial score (nSPS) is 12.4. The molecule has 0 heterocycles. The van der Waals surface area contributed by atoms with Crippen LogP contribution in [0.25, 0.3) is 0 Å². The maximum atomic E-state index is 10.8. The molecule has 1 atom stereocenters. The van der Waals surface area contributed by atoms with Crippen LogP contribution in [0.1, 0.15) is 24.5 Å². The van der Waals surface area contributed by atoms with Crippen LogP contribution in [0.4, 0.5) is 0 Å². The van der Waals surface area contributed by atoms with E-state index >= 15 is 0 Å². The molecule has 0 saturated heterocycles. The van der Waals surface area contributed by atoms with Gasteiger partial charge in [-0.1, -0.05) is 25.1 Å². The van der Waals surface area contributed by atoms with E-state index in [1.807, 2.05) is 44.0 Å².